The lowest BCUT2D eigenvalue weighted by molar-refractivity contribution is -0.116. The molecule has 0 saturated carbocycles. The van der Waals surface area contributed by atoms with Crippen molar-refractivity contribution in [2.75, 3.05) is 11.5 Å². The SMILES string of the molecule is CC(=O)N1Cc2cc(-c3ccccc3CCO)ncc2/C=C\c2cc(Cl)ccc21. The number of aromatic nitrogens is 1. The number of amides is 1. The van der Waals surface area contributed by atoms with Crippen molar-refractivity contribution in [3.63, 3.8) is 0 Å². The van der Waals surface area contributed by atoms with Crippen molar-refractivity contribution in [3.8, 4) is 11.3 Å². The van der Waals surface area contributed by atoms with Crippen LogP contribution < -0.4 is 4.90 Å². The van der Waals surface area contributed by atoms with E-state index in [1.54, 1.807) is 17.9 Å². The van der Waals surface area contributed by atoms with E-state index in [-0.39, 0.29) is 12.5 Å². The fraction of sp³-hybridized carbons (Fsp3) is 0.167. The second-order valence-corrected chi connectivity index (χ2v) is 7.48. The maximum absolute atomic E-state index is 12.4. The first-order valence-corrected chi connectivity index (χ1v) is 9.88. The third-order valence-electron chi connectivity index (χ3n) is 5.13. The smallest absolute Gasteiger partial charge is 0.224 e. The van der Waals surface area contributed by atoms with E-state index in [1.807, 2.05) is 60.8 Å². The molecule has 0 saturated heterocycles. The molecule has 29 heavy (non-hydrogen) atoms. The largest absolute Gasteiger partial charge is 0.396 e. The third-order valence-corrected chi connectivity index (χ3v) is 5.37. The third kappa shape index (κ3) is 3.95. The number of hydrogen-bond acceptors (Lipinski definition) is 3. The van der Waals surface area contributed by atoms with Crippen LogP contribution in [0.2, 0.25) is 5.02 Å². The van der Waals surface area contributed by atoms with Gasteiger partial charge < -0.3 is 10.0 Å². The minimum Gasteiger partial charge on any atom is -0.396 e. The van der Waals surface area contributed by atoms with Gasteiger partial charge in [-0.3, -0.25) is 9.78 Å². The number of carbonyl (C=O) groups excluding carboxylic acids is 1. The molecule has 0 fully saturated rings. The molecule has 0 spiro atoms. The van der Waals surface area contributed by atoms with Gasteiger partial charge in [-0.25, -0.2) is 0 Å². The summed E-state index contributed by atoms with van der Waals surface area (Å²) in [5.41, 5.74) is 6.59. The first-order valence-electron chi connectivity index (χ1n) is 9.50. The number of aliphatic hydroxyl groups is 1. The zero-order chi connectivity index (χ0) is 20.4. The number of nitrogens with zero attached hydrogens (tertiary/aromatic N) is 2. The number of hydrogen-bond donors (Lipinski definition) is 1. The summed E-state index contributed by atoms with van der Waals surface area (Å²) in [4.78, 5) is 18.9. The lowest BCUT2D eigenvalue weighted by atomic mass is 9.97. The van der Waals surface area contributed by atoms with E-state index in [0.29, 0.717) is 18.0 Å². The van der Waals surface area contributed by atoms with E-state index in [1.165, 1.54) is 0 Å². The maximum atomic E-state index is 12.4. The van der Waals surface area contributed by atoms with E-state index in [2.05, 4.69) is 4.98 Å². The molecule has 146 valence electrons. The van der Waals surface area contributed by atoms with E-state index in [9.17, 15) is 9.90 Å². The lowest BCUT2D eigenvalue weighted by Crippen LogP contribution is -2.29. The van der Waals surface area contributed by atoms with Gasteiger partial charge in [0.25, 0.3) is 0 Å². The molecule has 1 aliphatic rings. The summed E-state index contributed by atoms with van der Waals surface area (Å²) in [6.07, 6.45) is 6.39. The van der Waals surface area contributed by atoms with Crippen molar-refractivity contribution >= 4 is 35.3 Å². The Labute approximate surface area is 175 Å². The van der Waals surface area contributed by atoms with E-state index >= 15 is 0 Å². The summed E-state index contributed by atoms with van der Waals surface area (Å²) in [5.74, 6) is -0.0335. The van der Waals surface area contributed by atoms with Crippen molar-refractivity contribution in [2.45, 2.75) is 19.9 Å². The number of aliphatic hydroxyl groups excluding tert-OH is 1. The van der Waals surface area contributed by atoms with Gasteiger partial charge >= 0.3 is 0 Å². The highest BCUT2D eigenvalue weighted by atomic mass is 35.5. The van der Waals surface area contributed by atoms with Crippen LogP contribution in [0.4, 0.5) is 5.69 Å². The number of carbonyl (C=O) groups is 1. The summed E-state index contributed by atoms with van der Waals surface area (Å²) in [6, 6.07) is 15.5. The quantitative estimate of drug-likeness (QED) is 0.670. The van der Waals surface area contributed by atoms with Gasteiger partial charge in [0.1, 0.15) is 0 Å². The summed E-state index contributed by atoms with van der Waals surface area (Å²) in [7, 11) is 0. The van der Waals surface area contributed by atoms with Gasteiger partial charge in [-0.2, -0.15) is 0 Å². The first kappa shape index (κ1) is 19.4. The van der Waals surface area contributed by atoms with Crippen LogP contribution in [0.5, 0.6) is 0 Å². The molecule has 2 heterocycles. The fourth-order valence-corrected chi connectivity index (χ4v) is 3.85. The Morgan fingerprint density at radius 1 is 1.14 bits per heavy atom. The minimum absolute atomic E-state index is 0.0335. The Balaban J connectivity index is 1.82. The Bertz CT molecular complexity index is 1110. The molecule has 0 unspecified atom stereocenters. The highest BCUT2D eigenvalue weighted by Gasteiger charge is 2.20. The van der Waals surface area contributed by atoms with Gasteiger partial charge in [-0.05, 0) is 52.9 Å². The zero-order valence-corrected chi connectivity index (χ0v) is 16.9. The molecule has 5 heteroatoms. The van der Waals surface area contributed by atoms with Crippen LogP contribution in [-0.4, -0.2) is 22.6 Å². The second kappa shape index (κ2) is 8.19. The molecular formula is C24H21ClN2O2. The maximum Gasteiger partial charge on any atom is 0.224 e. The highest BCUT2D eigenvalue weighted by molar-refractivity contribution is 6.30. The molecule has 0 aliphatic carbocycles. The molecule has 1 N–H and O–H groups in total. The Kier molecular flexibility index (Phi) is 5.47. The molecule has 0 radical (unpaired) electrons. The first-order chi connectivity index (χ1) is 14.1. The fourth-order valence-electron chi connectivity index (χ4n) is 3.67. The molecular weight excluding hydrogens is 384 g/mol. The van der Waals surface area contributed by atoms with E-state index in [0.717, 1.165) is 39.2 Å². The average molecular weight is 405 g/mol. The van der Waals surface area contributed by atoms with Gasteiger partial charge in [0.2, 0.25) is 5.91 Å². The predicted octanol–water partition coefficient (Wildman–Crippen LogP) is 4.97. The Hall–Kier alpha value is -2.95. The molecule has 0 bridgehead atoms. The molecule has 1 aliphatic heterocycles. The van der Waals surface area contributed by atoms with Gasteiger partial charge in [-0.1, -0.05) is 48.0 Å². The van der Waals surface area contributed by atoms with Crippen molar-refractivity contribution in [2.24, 2.45) is 0 Å². The lowest BCUT2D eigenvalue weighted by Gasteiger charge is -2.26. The van der Waals surface area contributed by atoms with Gasteiger partial charge in [0.15, 0.2) is 0 Å². The molecule has 2 aromatic carbocycles. The zero-order valence-electron chi connectivity index (χ0n) is 16.1. The number of halogens is 1. The molecule has 3 aromatic rings. The van der Waals surface area contributed by atoms with Crippen LogP contribution in [0.25, 0.3) is 23.4 Å². The molecule has 0 atom stereocenters. The van der Waals surface area contributed by atoms with Crippen molar-refractivity contribution in [1.82, 2.24) is 4.98 Å². The Morgan fingerprint density at radius 2 is 1.93 bits per heavy atom. The molecule has 4 rings (SSSR count). The number of pyridine rings is 1. The summed E-state index contributed by atoms with van der Waals surface area (Å²) < 4.78 is 0. The van der Waals surface area contributed by atoms with E-state index in [4.69, 9.17) is 11.6 Å². The molecule has 1 amide bonds. The standard InChI is InChI=1S/C24H21ClN2O2/c1-16(29)27-15-20-13-23(22-5-3-2-4-17(22)10-11-28)26-14-19(20)7-6-18-12-21(25)8-9-24(18)27/h2-9,12-14,28H,10-11,15H2,1H3/b7-6-. The Morgan fingerprint density at radius 3 is 2.72 bits per heavy atom. The van der Waals surface area contributed by atoms with Crippen molar-refractivity contribution in [1.29, 1.82) is 0 Å². The van der Waals surface area contributed by atoms with Crippen molar-refractivity contribution < 1.29 is 9.90 Å². The van der Waals surface area contributed by atoms with Crippen LogP contribution in [0.15, 0.2) is 54.7 Å². The monoisotopic (exact) mass is 404 g/mol. The van der Waals surface area contributed by atoms with Crippen LogP contribution >= 0.6 is 11.6 Å². The van der Waals surface area contributed by atoms with Gasteiger partial charge in [-0.15, -0.1) is 0 Å². The number of benzene rings is 2. The number of fused-ring (bicyclic) bond motifs is 2. The minimum atomic E-state index is -0.0335. The molecule has 1 aromatic heterocycles. The predicted molar refractivity (Wildman–Crippen MR) is 118 cm³/mol. The van der Waals surface area contributed by atoms with Crippen LogP contribution in [0.3, 0.4) is 0 Å². The second-order valence-electron chi connectivity index (χ2n) is 7.04. The normalized spacial score (nSPS) is 13.8. The van der Waals surface area contributed by atoms with E-state index < -0.39 is 0 Å². The van der Waals surface area contributed by atoms with Crippen LogP contribution in [0.1, 0.15) is 29.2 Å². The number of anilines is 1. The van der Waals surface area contributed by atoms with Gasteiger partial charge in [0, 0.05) is 30.3 Å². The van der Waals surface area contributed by atoms with Crippen LogP contribution in [0, 0.1) is 0 Å². The summed E-state index contributed by atoms with van der Waals surface area (Å²) in [5, 5.41) is 10.0. The van der Waals surface area contributed by atoms with Crippen LogP contribution in [-0.2, 0) is 17.8 Å². The average Bonchev–Trinajstić information content (AvgIpc) is 2.70. The summed E-state index contributed by atoms with van der Waals surface area (Å²) >= 11 is 6.16. The number of rotatable bonds is 3. The highest BCUT2D eigenvalue weighted by Crippen LogP contribution is 2.32. The van der Waals surface area contributed by atoms with Crippen molar-refractivity contribution in [3.05, 3.63) is 82.0 Å². The molecule has 4 nitrogen and oxygen atoms in total. The topological polar surface area (TPSA) is 53.4 Å². The summed E-state index contributed by atoms with van der Waals surface area (Å²) in [6.45, 7) is 2.10. The van der Waals surface area contributed by atoms with Gasteiger partial charge in [0.05, 0.1) is 17.9 Å².